The summed E-state index contributed by atoms with van der Waals surface area (Å²) in [6.45, 7) is 10.4. The van der Waals surface area contributed by atoms with Gasteiger partial charge in [-0.15, -0.1) is 0 Å². The Balaban J connectivity index is 0.00000116. The van der Waals surface area contributed by atoms with E-state index in [1.54, 1.807) is 0 Å². The first kappa shape index (κ1) is 19.5. The SMILES string of the molecule is CC.CC(C)(C)OC(CC1CCCCC1)=NC1CCCCC1. The van der Waals surface area contributed by atoms with Crippen molar-refractivity contribution in [1.29, 1.82) is 0 Å². The quantitative estimate of drug-likeness (QED) is 0.429. The highest BCUT2D eigenvalue weighted by Crippen LogP contribution is 2.29. The smallest absolute Gasteiger partial charge is 0.184 e. The van der Waals surface area contributed by atoms with E-state index in [1.165, 1.54) is 64.2 Å². The fourth-order valence-electron chi connectivity index (χ4n) is 3.53. The number of hydrogen-bond donors (Lipinski definition) is 0. The van der Waals surface area contributed by atoms with Gasteiger partial charge in [-0.3, -0.25) is 4.99 Å². The van der Waals surface area contributed by atoms with E-state index >= 15 is 0 Å². The van der Waals surface area contributed by atoms with Gasteiger partial charge < -0.3 is 4.74 Å². The number of rotatable bonds is 3. The maximum atomic E-state index is 6.19. The highest BCUT2D eigenvalue weighted by atomic mass is 16.5. The molecular weight excluding hydrogens is 270 g/mol. The molecule has 2 rings (SSSR count). The minimum atomic E-state index is -0.109. The molecule has 22 heavy (non-hydrogen) atoms. The highest BCUT2D eigenvalue weighted by Gasteiger charge is 2.22. The van der Waals surface area contributed by atoms with E-state index in [0.717, 1.165) is 18.2 Å². The summed E-state index contributed by atoms with van der Waals surface area (Å²) in [5.74, 6) is 1.87. The van der Waals surface area contributed by atoms with Crippen LogP contribution in [0.4, 0.5) is 0 Å². The molecule has 130 valence electrons. The van der Waals surface area contributed by atoms with Gasteiger partial charge in [0.05, 0.1) is 6.04 Å². The van der Waals surface area contributed by atoms with Crippen molar-refractivity contribution in [3.63, 3.8) is 0 Å². The van der Waals surface area contributed by atoms with E-state index in [4.69, 9.17) is 9.73 Å². The molecule has 2 heteroatoms. The van der Waals surface area contributed by atoms with Crippen LogP contribution in [0.25, 0.3) is 0 Å². The van der Waals surface area contributed by atoms with Crippen LogP contribution in [0.5, 0.6) is 0 Å². The van der Waals surface area contributed by atoms with E-state index < -0.39 is 0 Å². The summed E-state index contributed by atoms with van der Waals surface area (Å²) in [6, 6.07) is 0.532. The minimum absolute atomic E-state index is 0.109. The van der Waals surface area contributed by atoms with Gasteiger partial charge in [0.15, 0.2) is 5.90 Å². The third-order valence-corrected chi connectivity index (χ3v) is 4.51. The van der Waals surface area contributed by atoms with E-state index in [1.807, 2.05) is 13.8 Å². The summed E-state index contributed by atoms with van der Waals surface area (Å²) in [5.41, 5.74) is -0.109. The van der Waals surface area contributed by atoms with Crippen molar-refractivity contribution in [2.24, 2.45) is 10.9 Å². The van der Waals surface area contributed by atoms with Gasteiger partial charge in [-0.2, -0.15) is 0 Å². The van der Waals surface area contributed by atoms with Gasteiger partial charge in [0.2, 0.25) is 0 Å². The molecule has 0 atom stereocenters. The molecule has 0 radical (unpaired) electrons. The molecule has 0 heterocycles. The lowest BCUT2D eigenvalue weighted by molar-refractivity contribution is 0.106. The number of aliphatic imine (C=N–C) groups is 1. The Kier molecular flexibility index (Phi) is 9.12. The van der Waals surface area contributed by atoms with Crippen LogP contribution in [0.15, 0.2) is 4.99 Å². The van der Waals surface area contributed by atoms with Gasteiger partial charge in [-0.05, 0) is 52.4 Å². The van der Waals surface area contributed by atoms with Crippen LogP contribution in [-0.2, 0) is 4.74 Å². The normalized spacial score (nSPS) is 22.0. The number of hydrogen-bond acceptors (Lipinski definition) is 2. The molecule has 0 aliphatic heterocycles. The first-order valence-corrected chi connectivity index (χ1v) is 9.78. The zero-order valence-corrected chi connectivity index (χ0v) is 15.8. The molecule has 0 bridgehead atoms. The second-order valence-corrected chi connectivity index (χ2v) is 7.74. The Bertz CT molecular complexity index is 304. The van der Waals surface area contributed by atoms with Crippen LogP contribution in [0.2, 0.25) is 0 Å². The molecule has 2 saturated carbocycles. The largest absolute Gasteiger partial charge is 0.475 e. The summed E-state index contributed by atoms with van der Waals surface area (Å²) in [4.78, 5) is 5.01. The zero-order valence-electron chi connectivity index (χ0n) is 15.8. The second-order valence-electron chi connectivity index (χ2n) is 7.74. The second kappa shape index (κ2) is 10.3. The standard InChI is InChI=1S/C18H33NO.C2H6/c1-18(2,3)20-17(14-15-10-6-4-7-11-15)19-16-12-8-5-9-13-16;1-2/h15-16H,4-14H2,1-3H3;1-2H3. The lowest BCUT2D eigenvalue weighted by Gasteiger charge is -2.28. The topological polar surface area (TPSA) is 21.6 Å². The molecule has 2 fully saturated rings. The van der Waals surface area contributed by atoms with Crippen LogP contribution in [0.1, 0.15) is 105 Å². The summed E-state index contributed by atoms with van der Waals surface area (Å²) in [5, 5.41) is 0. The van der Waals surface area contributed by atoms with Crippen molar-refractivity contribution in [3.8, 4) is 0 Å². The van der Waals surface area contributed by atoms with E-state index in [2.05, 4.69) is 20.8 Å². The molecule has 0 aromatic carbocycles. The lowest BCUT2D eigenvalue weighted by atomic mass is 9.87. The minimum Gasteiger partial charge on any atom is -0.475 e. The first-order chi connectivity index (χ1) is 10.5. The third-order valence-electron chi connectivity index (χ3n) is 4.51. The molecule has 2 aliphatic rings. The molecule has 0 N–H and O–H groups in total. The zero-order chi connectivity index (χ0) is 16.4. The van der Waals surface area contributed by atoms with Gasteiger partial charge in [0, 0.05) is 6.42 Å². The van der Waals surface area contributed by atoms with Crippen molar-refractivity contribution < 1.29 is 4.74 Å². The van der Waals surface area contributed by atoms with Crippen LogP contribution in [0, 0.1) is 5.92 Å². The molecule has 2 nitrogen and oxygen atoms in total. The van der Waals surface area contributed by atoms with Crippen molar-refractivity contribution in [3.05, 3.63) is 0 Å². The van der Waals surface area contributed by atoms with Gasteiger partial charge in [-0.25, -0.2) is 0 Å². The van der Waals surface area contributed by atoms with E-state index in [9.17, 15) is 0 Å². The first-order valence-electron chi connectivity index (χ1n) is 9.78. The maximum absolute atomic E-state index is 6.19. The van der Waals surface area contributed by atoms with Gasteiger partial charge >= 0.3 is 0 Å². The average molecular weight is 310 g/mol. The molecule has 0 amide bonds. The molecule has 0 aromatic rings. The Morgan fingerprint density at radius 2 is 1.36 bits per heavy atom. The summed E-state index contributed by atoms with van der Waals surface area (Å²) in [7, 11) is 0. The number of ether oxygens (including phenoxy) is 1. The van der Waals surface area contributed by atoms with Crippen molar-refractivity contribution >= 4 is 5.90 Å². The summed E-state index contributed by atoms with van der Waals surface area (Å²) in [6.07, 6.45) is 14.7. The predicted molar refractivity (Wildman–Crippen MR) is 97.7 cm³/mol. The molecule has 0 unspecified atom stereocenters. The predicted octanol–water partition coefficient (Wildman–Crippen LogP) is 6.53. The highest BCUT2D eigenvalue weighted by molar-refractivity contribution is 5.77. The fraction of sp³-hybridized carbons (Fsp3) is 0.950. The lowest BCUT2D eigenvalue weighted by Crippen LogP contribution is -2.27. The number of nitrogens with zero attached hydrogens (tertiary/aromatic N) is 1. The Morgan fingerprint density at radius 1 is 0.864 bits per heavy atom. The molecule has 0 spiro atoms. The molecule has 0 saturated heterocycles. The Labute approximate surface area is 139 Å². The molecule has 2 aliphatic carbocycles. The van der Waals surface area contributed by atoms with E-state index in [0.29, 0.717) is 6.04 Å². The van der Waals surface area contributed by atoms with Crippen LogP contribution >= 0.6 is 0 Å². The summed E-state index contributed by atoms with van der Waals surface area (Å²) >= 11 is 0. The fourth-order valence-corrected chi connectivity index (χ4v) is 3.53. The third kappa shape index (κ3) is 8.19. The van der Waals surface area contributed by atoms with Crippen molar-refractivity contribution in [2.75, 3.05) is 0 Å². The van der Waals surface area contributed by atoms with Crippen LogP contribution in [0.3, 0.4) is 0 Å². The van der Waals surface area contributed by atoms with Crippen molar-refractivity contribution in [1.82, 2.24) is 0 Å². The maximum Gasteiger partial charge on any atom is 0.184 e. The van der Waals surface area contributed by atoms with Gasteiger partial charge in [-0.1, -0.05) is 52.4 Å². The average Bonchev–Trinajstić information content (AvgIpc) is 2.49. The van der Waals surface area contributed by atoms with E-state index in [-0.39, 0.29) is 5.60 Å². The molecular formula is C20H39NO. The Hall–Kier alpha value is -0.530. The Morgan fingerprint density at radius 3 is 1.86 bits per heavy atom. The summed E-state index contributed by atoms with van der Waals surface area (Å²) < 4.78 is 6.19. The van der Waals surface area contributed by atoms with Gasteiger partial charge in [0.25, 0.3) is 0 Å². The van der Waals surface area contributed by atoms with Gasteiger partial charge in [0.1, 0.15) is 5.60 Å². The van der Waals surface area contributed by atoms with Crippen LogP contribution < -0.4 is 0 Å². The molecule has 0 aromatic heterocycles. The van der Waals surface area contributed by atoms with Crippen molar-refractivity contribution in [2.45, 2.75) is 117 Å². The monoisotopic (exact) mass is 309 g/mol. The van der Waals surface area contributed by atoms with Crippen LogP contribution in [-0.4, -0.2) is 17.5 Å².